The summed E-state index contributed by atoms with van der Waals surface area (Å²) in [5, 5.41) is 3.21. The van der Waals surface area contributed by atoms with E-state index in [-0.39, 0.29) is 0 Å². The summed E-state index contributed by atoms with van der Waals surface area (Å²) in [6.07, 6.45) is 1.25. The maximum atomic E-state index is 3.21. The van der Waals surface area contributed by atoms with Gasteiger partial charge < -0.3 is 5.32 Å². The normalized spacial score (nSPS) is 8.67. The Labute approximate surface area is 59.8 Å². The SMILES string of the molecule is CCC.CCNC(C)C. The van der Waals surface area contributed by atoms with E-state index < -0.39 is 0 Å². The molecule has 1 heteroatoms. The van der Waals surface area contributed by atoms with Gasteiger partial charge in [0.1, 0.15) is 0 Å². The summed E-state index contributed by atoms with van der Waals surface area (Å²) in [5.74, 6) is 0. The van der Waals surface area contributed by atoms with Crippen LogP contribution in [0.25, 0.3) is 0 Å². The van der Waals surface area contributed by atoms with Crippen LogP contribution in [0, 0.1) is 0 Å². The van der Waals surface area contributed by atoms with Crippen molar-refractivity contribution >= 4 is 0 Å². The quantitative estimate of drug-likeness (QED) is 0.607. The second-order valence-corrected chi connectivity index (χ2v) is 2.42. The van der Waals surface area contributed by atoms with Gasteiger partial charge in [-0.3, -0.25) is 0 Å². The van der Waals surface area contributed by atoms with E-state index >= 15 is 0 Å². The number of nitrogens with one attached hydrogen (secondary N) is 1. The van der Waals surface area contributed by atoms with Crippen LogP contribution in [0.1, 0.15) is 41.0 Å². The lowest BCUT2D eigenvalue weighted by Crippen LogP contribution is -2.21. The van der Waals surface area contributed by atoms with Crippen LogP contribution in [0.3, 0.4) is 0 Å². The number of rotatable bonds is 2. The highest BCUT2D eigenvalue weighted by Crippen LogP contribution is 1.70. The first-order valence-electron chi connectivity index (χ1n) is 3.92. The summed E-state index contributed by atoms with van der Waals surface area (Å²) in [4.78, 5) is 0. The van der Waals surface area contributed by atoms with Gasteiger partial charge in [0.15, 0.2) is 0 Å². The molecular formula is C8H21N. The molecule has 0 bridgehead atoms. The van der Waals surface area contributed by atoms with Crippen LogP contribution in [-0.4, -0.2) is 12.6 Å². The van der Waals surface area contributed by atoms with Gasteiger partial charge in [-0.1, -0.05) is 41.0 Å². The molecule has 0 fully saturated rings. The Morgan fingerprint density at radius 2 is 1.44 bits per heavy atom. The Kier molecular flexibility index (Phi) is 14.1. The van der Waals surface area contributed by atoms with Crippen molar-refractivity contribution < 1.29 is 0 Å². The van der Waals surface area contributed by atoms with E-state index in [1.165, 1.54) is 6.42 Å². The molecule has 1 N–H and O–H groups in total. The average Bonchev–Trinajstić information content (AvgIpc) is 1.67. The molecule has 0 aliphatic heterocycles. The van der Waals surface area contributed by atoms with Crippen molar-refractivity contribution in [3.8, 4) is 0 Å². The number of hydrogen-bond donors (Lipinski definition) is 1. The lowest BCUT2D eigenvalue weighted by atomic mass is 10.4. The van der Waals surface area contributed by atoms with Crippen LogP contribution in [0.2, 0.25) is 0 Å². The fourth-order valence-electron chi connectivity index (χ4n) is 0.408. The van der Waals surface area contributed by atoms with Crippen LogP contribution in [0.4, 0.5) is 0 Å². The fourth-order valence-corrected chi connectivity index (χ4v) is 0.408. The standard InChI is InChI=1S/C5H13N.C3H8/c1-4-6-5(2)3;1-3-2/h5-6H,4H2,1-3H3;3H2,1-2H3. The van der Waals surface area contributed by atoms with E-state index in [2.05, 4.69) is 39.9 Å². The third-order valence-corrected chi connectivity index (χ3v) is 0.612. The summed E-state index contributed by atoms with van der Waals surface area (Å²) >= 11 is 0. The molecule has 0 aliphatic rings. The van der Waals surface area contributed by atoms with Gasteiger partial charge in [0.2, 0.25) is 0 Å². The van der Waals surface area contributed by atoms with Crippen LogP contribution >= 0.6 is 0 Å². The van der Waals surface area contributed by atoms with Gasteiger partial charge in [-0.05, 0) is 6.54 Å². The summed E-state index contributed by atoms with van der Waals surface area (Å²) in [6.45, 7) is 11.7. The molecule has 0 heterocycles. The summed E-state index contributed by atoms with van der Waals surface area (Å²) in [7, 11) is 0. The highest BCUT2D eigenvalue weighted by molar-refractivity contribution is 4.46. The predicted molar refractivity (Wildman–Crippen MR) is 44.8 cm³/mol. The maximum absolute atomic E-state index is 3.21. The van der Waals surface area contributed by atoms with E-state index in [0.717, 1.165) is 6.54 Å². The van der Waals surface area contributed by atoms with Crippen molar-refractivity contribution in [2.24, 2.45) is 0 Å². The lowest BCUT2D eigenvalue weighted by Gasteiger charge is -2.00. The Hall–Kier alpha value is -0.0400. The molecule has 1 nitrogen and oxygen atoms in total. The molecule has 0 spiro atoms. The van der Waals surface area contributed by atoms with Crippen LogP contribution < -0.4 is 5.32 Å². The molecule has 0 amide bonds. The third-order valence-electron chi connectivity index (χ3n) is 0.612. The zero-order valence-corrected chi connectivity index (χ0v) is 7.49. The first-order chi connectivity index (χ1) is 4.18. The third kappa shape index (κ3) is 32.3. The highest BCUT2D eigenvalue weighted by Gasteiger charge is 1.82. The predicted octanol–water partition coefficient (Wildman–Crippen LogP) is 2.42. The van der Waals surface area contributed by atoms with Crippen LogP contribution in [0.15, 0.2) is 0 Å². The lowest BCUT2D eigenvalue weighted by molar-refractivity contribution is 0.613. The largest absolute Gasteiger partial charge is 0.315 e. The molecule has 9 heavy (non-hydrogen) atoms. The first kappa shape index (κ1) is 11.7. The van der Waals surface area contributed by atoms with Crippen LogP contribution in [0.5, 0.6) is 0 Å². The van der Waals surface area contributed by atoms with E-state index in [1.807, 2.05) is 0 Å². The van der Waals surface area contributed by atoms with Crippen molar-refractivity contribution in [3.63, 3.8) is 0 Å². The van der Waals surface area contributed by atoms with Gasteiger partial charge in [-0.15, -0.1) is 0 Å². The van der Waals surface area contributed by atoms with Crippen molar-refractivity contribution in [2.45, 2.75) is 47.1 Å². The minimum atomic E-state index is 0.648. The molecule has 0 aromatic carbocycles. The van der Waals surface area contributed by atoms with E-state index in [0.29, 0.717) is 6.04 Å². The monoisotopic (exact) mass is 131 g/mol. The van der Waals surface area contributed by atoms with Crippen LogP contribution in [-0.2, 0) is 0 Å². The minimum absolute atomic E-state index is 0.648. The molecule has 58 valence electrons. The van der Waals surface area contributed by atoms with E-state index in [1.54, 1.807) is 0 Å². The second-order valence-electron chi connectivity index (χ2n) is 2.42. The minimum Gasteiger partial charge on any atom is -0.315 e. The molecule has 0 saturated heterocycles. The van der Waals surface area contributed by atoms with Crippen molar-refractivity contribution in [3.05, 3.63) is 0 Å². The fraction of sp³-hybridized carbons (Fsp3) is 1.00. The van der Waals surface area contributed by atoms with Gasteiger partial charge in [-0.25, -0.2) is 0 Å². The molecule has 0 radical (unpaired) electrons. The van der Waals surface area contributed by atoms with Gasteiger partial charge in [0, 0.05) is 6.04 Å². The molecule has 0 aromatic rings. The van der Waals surface area contributed by atoms with Crippen molar-refractivity contribution in [2.75, 3.05) is 6.54 Å². The topological polar surface area (TPSA) is 12.0 Å². The summed E-state index contributed by atoms with van der Waals surface area (Å²) in [5.41, 5.74) is 0. The molecule has 0 saturated carbocycles. The van der Waals surface area contributed by atoms with E-state index in [4.69, 9.17) is 0 Å². The first-order valence-corrected chi connectivity index (χ1v) is 3.92. The zero-order chi connectivity index (χ0) is 7.70. The molecule has 0 aromatic heterocycles. The molecule has 0 unspecified atom stereocenters. The Morgan fingerprint density at radius 1 is 1.11 bits per heavy atom. The molecular weight excluding hydrogens is 110 g/mol. The molecule has 0 atom stereocenters. The van der Waals surface area contributed by atoms with E-state index in [9.17, 15) is 0 Å². The summed E-state index contributed by atoms with van der Waals surface area (Å²) < 4.78 is 0. The second kappa shape index (κ2) is 10.9. The molecule has 0 aliphatic carbocycles. The van der Waals surface area contributed by atoms with Crippen molar-refractivity contribution in [1.29, 1.82) is 0 Å². The van der Waals surface area contributed by atoms with Gasteiger partial charge in [0.25, 0.3) is 0 Å². The average molecular weight is 131 g/mol. The van der Waals surface area contributed by atoms with Gasteiger partial charge in [0.05, 0.1) is 0 Å². The Bertz CT molecular complexity index is 33.5. The maximum Gasteiger partial charge on any atom is 0.00102 e. The smallest absolute Gasteiger partial charge is 0.00102 e. The van der Waals surface area contributed by atoms with Gasteiger partial charge >= 0.3 is 0 Å². The summed E-state index contributed by atoms with van der Waals surface area (Å²) in [6, 6.07) is 0.648. The Morgan fingerprint density at radius 3 is 1.44 bits per heavy atom. The Balaban J connectivity index is 0. The van der Waals surface area contributed by atoms with Gasteiger partial charge in [-0.2, -0.15) is 0 Å². The number of hydrogen-bond acceptors (Lipinski definition) is 1. The highest BCUT2D eigenvalue weighted by atomic mass is 14.9. The molecule has 0 rings (SSSR count). The van der Waals surface area contributed by atoms with Crippen molar-refractivity contribution in [1.82, 2.24) is 5.32 Å². The zero-order valence-electron chi connectivity index (χ0n) is 7.49.